The first-order valence-electron chi connectivity index (χ1n) is 13.9. The molecule has 8 aromatic rings. The van der Waals surface area contributed by atoms with Crippen LogP contribution in [0.25, 0.3) is 72.3 Å². The van der Waals surface area contributed by atoms with Crippen LogP contribution in [-0.4, -0.2) is 9.55 Å². The van der Waals surface area contributed by atoms with E-state index in [1.165, 1.54) is 0 Å². The molecule has 42 heavy (non-hydrogen) atoms. The van der Waals surface area contributed by atoms with Crippen molar-refractivity contribution in [3.63, 3.8) is 0 Å². The smallest absolute Gasteiger partial charge is 0.145 e. The van der Waals surface area contributed by atoms with Crippen LogP contribution in [0.1, 0.15) is 5.56 Å². The Morgan fingerprint density at radius 3 is 2.17 bits per heavy atom. The molecule has 0 atom stereocenters. The molecule has 2 heterocycles. The van der Waals surface area contributed by atoms with Gasteiger partial charge in [0.05, 0.1) is 22.7 Å². The van der Waals surface area contributed by atoms with E-state index in [0.717, 1.165) is 72.3 Å². The number of rotatable bonds is 4. The summed E-state index contributed by atoms with van der Waals surface area (Å²) in [5, 5.41) is 11.8. The number of furan rings is 1. The van der Waals surface area contributed by atoms with Crippen LogP contribution in [0.3, 0.4) is 0 Å². The topological polar surface area (TPSA) is 54.8 Å². The molecule has 0 aliphatic rings. The van der Waals surface area contributed by atoms with Crippen LogP contribution in [0.15, 0.2) is 144 Å². The molecule has 0 spiro atoms. The Bertz CT molecular complexity index is 2300. The summed E-state index contributed by atoms with van der Waals surface area (Å²) in [7, 11) is 0. The molecule has 0 fully saturated rings. The number of aromatic nitrogens is 2. The summed E-state index contributed by atoms with van der Waals surface area (Å²) in [5.74, 6) is 0.908. The zero-order valence-corrected chi connectivity index (χ0v) is 22.5. The van der Waals surface area contributed by atoms with Gasteiger partial charge in [0.25, 0.3) is 0 Å². The summed E-state index contributed by atoms with van der Waals surface area (Å²) in [4.78, 5) is 5.01. The fraction of sp³-hybridized carbons (Fsp3) is 0. The van der Waals surface area contributed by atoms with Gasteiger partial charge < -0.3 is 4.42 Å². The summed E-state index contributed by atoms with van der Waals surface area (Å²) < 4.78 is 8.46. The molecule has 0 radical (unpaired) electrons. The second-order valence-corrected chi connectivity index (χ2v) is 10.3. The molecule has 4 nitrogen and oxygen atoms in total. The summed E-state index contributed by atoms with van der Waals surface area (Å²) in [6.45, 7) is 0. The van der Waals surface area contributed by atoms with Crippen LogP contribution >= 0.6 is 0 Å². The van der Waals surface area contributed by atoms with Gasteiger partial charge in [-0.1, -0.05) is 91.0 Å². The molecular formula is C38H23N3O. The highest BCUT2D eigenvalue weighted by Crippen LogP contribution is 2.39. The number of imidazole rings is 1. The molecule has 0 aliphatic heterocycles. The van der Waals surface area contributed by atoms with Crippen LogP contribution in [0, 0.1) is 11.3 Å². The van der Waals surface area contributed by atoms with E-state index in [0.29, 0.717) is 5.56 Å². The zero-order valence-electron chi connectivity index (χ0n) is 22.5. The quantitative estimate of drug-likeness (QED) is 0.224. The predicted octanol–water partition coefficient (Wildman–Crippen LogP) is 9.80. The Balaban J connectivity index is 1.25. The van der Waals surface area contributed by atoms with Crippen LogP contribution in [0.2, 0.25) is 0 Å². The van der Waals surface area contributed by atoms with Gasteiger partial charge in [-0.3, -0.25) is 4.57 Å². The number of fused-ring (bicyclic) bond motifs is 4. The lowest BCUT2D eigenvalue weighted by molar-refractivity contribution is 0.669. The first-order valence-corrected chi connectivity index (χ1v) is 13.9. The van der Waals surface area contributed by atoms with E-state index in [1.54, 1.807) is 0 Å². The SMILES string of the molecule is N#Cc1ccccc1-c1cccc2oc3ccc(-c4ccc(-c5nc6ccccc6n5-c5ccccc5)cc4)cc3c12. The number of nitrogens with zero attached hydrogens (tertiary/aromatic N) is 3. The highest BCUT2D eigenvalue weighted by molar-refractivity contribution is 6.13. The van der Waals surface area contributed by atoms with Gasteiger partial charge in [0.15, 0.2) is 0 Å². The molecule has 8 rings (SSSR count). The van der Waals surface area contributed by atoms with Gasteiger partial charge in [-0.15, -0.1) is 0 Å². The van der Waals surface area contributed by atoms with Crippen molar-refractivity contribution in [1.29, 1.82) is 5.26 Å². The van der Waals surface area contributed by atoms with E-state index in [-0.39, 0.29) is 0 Å². The second kappa shape index (κ2) is 9.62. The molecule has 2 aromatic heterocycles. The number of hydrogen-bond donors (Lipinski definition) is 0. The summed E-state index contributed by atoms with van der Waals surface area (Å²) >= 11 is 0. The second-order valence-electron chi connectivity index (χ2n) is 10.3. The monoisotopic (exact) mass is 537 g/mol. The summed E-state index contributed by atoms with van der Waals surface area (Å²) in [6.07, 6.45) is 0. The lowest BCUT2D eigenvalue weighted by atomic mass is 9.95. The van der Waals surface area contributed by atoms with E-state index in [4.69, 9.17) is 9.40 Å². The predicted molar refractivity (Wildman–Crippen MR) is 169 cm³/mol. The van der Waals surface area contributed by atoms with Gasteiger partial charge in [0.1, 0.15) is 17.0 Å². The average molecular weight is 538 g/mol. The van der Waals surface area contributed by atoms with Gasteiger partial charge >= 0.3 is 0 Å². The third-order valence-electron chi connectivity index (χ3n) is 7.88. The minimum absolute atomic E-state index is 0.646. The van der Waals surface area contributed by atoms with E-state index < -0.39 is 0 Å². The molecule has 0 aliphatic carbocycles. The molecule has 0 saturated carbocycles. The van der Waals surface area contributed by atoms with Crippen molar-refractivity contribution in [3.8, 4) is 45.4 Å². The number of para-hydroxylation sites is 3. The molecular weight excluding hydrogens is 514 g/mol. The van der Waals surface area contributed by atoms with Crippen molar-refractivity contribution in [2.75, 3.05) is 0 Å². The fourth-order valence-corrected chi connectivity index (χ4v) is 5.92. The van der Waals surface area contributed by atoms with Gasteiger partial charge in [-0.25, -0.2) is 4.98 Å². The largest absolute Gasteiger partial charge is 0.456 e. The van der Waals surface area contributed by atoms with Crippen molar-refractivity contribution in [1.82, 2.24) is 9.55 Å². The van der Waals surface area contributed by atoms with Crippen molar-refractivity contribution in [2.24, 2.45) is 0 Å². The fourth-order valence-electron chi connectivity index (χ4n) is 5.92. The van der Waals surface area contributed by atoms with Crippen LogP contribution in [-0.2, 0) is 0 Å². The molecule has 6 aromatic carbocycles. The Morgan fingerprint density at radius 1 is 0.595 bits per heavy atom. The van der Waals surface area contributed by atoms with E-state index in [9.17, 15) is 5.26 Å². The lowest BCUT2D eigenvalue weighted by Crippen LogP contribution is -1.97. The third-order valence-corrected chi connectivity index (χ3v) is 7.88. The first-order chi connectivity index (χ1) is 20.8. The van der Waals surface area contributed by atoms with E-state index in [2.05, 4.69) is 95.6 Å². The number of nitriles is 1. The average Bonchev–Trinajstić information content (AvgIpc) is 3.64. The van der Waals surface area contributed by atoms with Crippen molar-refractivity contribution in [3.05, 3.63) is 145 Å². The van der Waals surface area contributed by atoms with Gasteiger partial charge in [-0.2, -0.15) is 5.26 Å². The summed E-state index contributed by atoms with van der Waals surface area (Å²) in [6, 6.07) is 49.6. The highest BCUT2D eigenvalue weighted by atomic mass is 16.3. The van der Waals surface area contributed by atoms with Crippen LogP contribution in [0.5, 0.6) is 0 Å². The molecule has 0 unspecified atom stereocenters. The maximum absolute atomic E-state index is 9.76. The standard InChI is InChI=1S/C38H23N3O/c39-24-28-9-4-5-12-30(28)31-13-8-16-36-37(31)32-23-27(21-22-35(32)42-36)25-17-19-26(20-18-25)38-40-33-14-6-7-15-34(33)41(38)29-10-2-1-3-11-29/h1-23H. The van der Waals surface area contributed by atoms with Crippen molar-refractivity contribution >= 4 is 33.0 Å². The van der Waals surface area contributed by atoms with Gasteiger partial charge in [-0.05, 0) is 65.2 Å². The Kier molecular flexibility index (Phi) is 5.48. The zero-order chi connectivity index (χ0) is 28.0. The molecule has 196 valence electrons. The molecule has 0 amide bonds. The third kappa shape index (κ3) is 3.80. The Morgan fingerprint density at radius 2 is 1.31 bits per heavy atom. The Labute approximate surface area is 242 Å². The van der Waals surface area contributed by atoms with E-state index in [1.807, 2.05) is 54.6 Å². The molecule has 0 saturated heterocycles. The normalized spacial score (nSPS) is 11.3. The van der Waals surface area contributed by atoms with Gasteiger partial charge in [0.2, 0.25) is 0 Å². The highest BCUT2D eigenvalue weighted by Gasteiger charge is 2.17. The number of hydrogen-bond acceptors (Lipinski definition) is 3. The number of benzene rings is 6. The first kappa shape index (κ1) is 23.9. The van der Waals surface area contributed by atoms with Gasteiger partial charge in [0, 0.05) is 27.6 Å². The van der Waals surface area contributed by atoms with E-state index >= 15 is 0 Å². The summed E-state index contributed by atoms with van der Waals surface area (Å²) in [5.41, 5.74) is 10.5. The molecule has 0 bridgehead atoms. The maximum Gasteiger partial charge on any atom is 0.145 e. The minimum atomic E-state index is 0.646. The minimum Gasteiger partial charge on any atom is -0.456 e. The lowest BCUT2D eigenvalue weighted by Gasteiger charge is -2.10. The molecule has 0 N–H and O–H groups in total. The Hall–Kier alpha value is -5.92. The van der Waals surface area contributed by atoms with Crippen LogP contribution < -0.4 is 0 Å². The van der Waals surface area contributed by atoms with Crippen molar-refractivity contribution < 1.29 is 4.42 Å². The van der Waals surface area contributed by atoms with Crippen molar-refractivity contribution in [2.45, 2.75) is 0 Å². The van der Waals surface area contributed by atoms with Crippen LogP contribution in [0.4, 0.5) is 0 Å². The molecule has 4 heteroatoms. The maximum atomic E-state index is 9.76.